The second kappa shape index (κ2) is 19.8. The van der Waals surface area contributed by atoms with E-state index in [2.05, 4.69) is 14.2 Å². The van der Waals surface area contributed by atoms with E-state index >= 15 is 0 Å². The predicted octanol–water partition coefficient (Wildman–Crippen LogP) is -1.23. The Kier molecular flexibility index (Phi) is 22.3. The van der Waals surface area contributed by atoms with Crippen LogP contribution in [0.4, 0.5) is 0 Å². The first-order chi connectivity index (χ1) is 16.6. The summed E-state index contributed by atoms with van der Waals surface area (Å²) in [6.45, 7) is 9.73. The first kappa shape index (κ1) is 41.8. The van der Waals surface area contributed by atoms with Crippen LogP contribution in [-0.2, 0) is 43.0 Å². The van der Waals surface area contributed by atoms with Crippen molar-refractivity contribution in [3.05, 3.63) is 0 Å². The predicted molar refractivity (Wildman–Crippen MR) is 126 cm³/mol. The number of esters is 3. The van der Waals surface area contributed by atoms with E-state index in [1.165, 1.54) is 21.3 Å². The molecule has 0 radical (unpaired) electrons. The Morgan fingerprint density at radius 2 is 0.595 bits per heavy atom. The molecule has 12 nitrogen and oxygen atoms in total. The normalized spacial score (nSPS) is 10.6. The second-order valence-corrected chi connectivity index (χ2v) is 7.70. The first-order valence-electron chi connectivity index (χ1n) is 11.5. The third kappa shape index (κ3) is 10.2. The maximum atomic E-state index is 11.1. The average molecular weight is 634 g/mol. The number of carbonyl (C=O) groups is 6. The van der Waals surface area contributed by atoms with Crippen LogP contribution in [0.25, 0.3) is 0 Å². The molecule has 37 heavy (non-hydrogen) atoms. The van der Waals surface area contributed by atoms with Crippen molar-refractivity contribution in [2.45, 2.75) is 80.1 Å². The van der Waals surface area contributed by atoms with E-state index in [0.29, 0.717) is 0 Å². The molecule has 0 aliphatic heterocycles. The molecule has 0 aromatic heterocycles. The minimum Gasteiger partial charge on any atom is -0.549 e. The molecule has 0 spiro atoms. The Labute approximate surface area is 237 Å². The molecule has 0 aliphatic carbocycles. The van der Waals surface area contributed by atoms with Crippen LogP contribution in [0, 0.1) is 16.2 Å². The monoisotopic (exact) mass is 634 g/mol. The van der Waals surface area contributed by atoms with Crippen molar-refractivity contribution in [3.63, 3.8) is 0 Å². The zero-order valence-electron chi connectivity index (χ0n) is 23.2. The zero-order chi connectivity index (χ0) is 29.3. The van der Waals surface area contributed by atoms with Gasteiger partial charge in [0.05, 0.1) is 39.2 Å². The molecular formula is C24H39InO12. The van der Waals surface area contributed by atoms with Gasteiger partial charge in [0.2, 0.25) is 0 Å². The molecule has 13 heteroatoms. The standard InChI is InChI=1S/3C8H14O4.In/c3*1-4-8(5-2,6(9)10)7(11)12-3;/h3*4-5H2,1-3H3,(H,9,10);/q;;;+3/p-3. The number of hydrogen-bond donors (Lipinski definition) is 0. The minimum absolute atomic E-state index is 0. The quantitative estimate of drug-likeness (QED) is 0.141. The average Bonchev–Trinajstić information content (AvgIpc) is 2.86. The summed E-state index contributed by atoms with van der Waals surface area (Å²) in [5, 5.41) is 32.0. The van der Waals surface area contributed by atoms with Gasteiger partial charge in [-0.05, 0) is 38.5 Å². The van der Waals surface area contributed by atoms with Gasteiger partial charge < -0.3 is 43.9 Å². The van der Waals surface area contributed by atoms with E-state index in [-0.39, 0.29) is 64.4 Å². The van der Waals surface area contributed by atoms with Crippen LogP contribution < -0.4 is 15.3 Å². The van der Waals surface area contributed by atoms with Gasteiger partial charge in [0, 0.05) is 0 Å². The molecular weight excluding hydrogens is 595 g/mol. The molecule has 0 saturated heterocycles. The molecule has 0 heterocycles. The number of ether oxygens (including phenoxy) is 3. The van der Waals surface area contributed by atoms with Gasteiger partial charge in [-0.15, -0.1) is 0 Å². The third-order valence-corrected chi connectivity index (χ3v) is 6.52. The van der Waals surface area contributed by atoms with Gasteiger partial charge >= 0.3 is 43.8 Å². The van der Waals surface area contributed by atoms with Crippen LogP contribution in [0.5, 0.6) is 0 Å². The summed E-state index contributed by atoms with van der Waals surface area (Å²) in [6.07, 6.45) is 1.16. The van der Waals surface area contributed by atoms with Gasteiger partial charge in [0.25, 0.3) is 0 Å². The van der Waals surface area contributed by atoms with E-state index < -0.39 is 52.1 Å². The Bertz CT molecular complexity index is 651. The summed E-state index contributed by atoms with van der Waals surface area (Å²) in [5.74, 6) is -6.27. The van der Waals surface area contributed by atoms with Crippen LogP contribution in [0.15, 0.2) is 0 Å². The van der Waals surface area contributed by atoms with E-state index in [1.54, 1.807) is 41.5 Å². The second-order valence-electron chi connectivity index (χ2n) is 7.70. The van der Waals surface area contributed by atoms with Crippen molar-refractivity contribution in [1.82, 2.24) is 0 Å². The van der Waals surface area contributed by atoms with Crippen LogP contribution in [-0.4, -0.2) is 83.0 Å². The van der Waals surface area contributed by atoms with Crippen LogP contribution in [0.3, 0.4) is 0 Å². The van der Waals surface area contributed by atoms with Crippen molar-refractivity contribution in [1.29, 1.82) is 0 Å². The maximum absolute atomic E-state index is 11.1. The number of carbonyl (C=O) groups excluding carboxylic acids is 6. The Hall–Kier alpha value is -2.31. The van der Waals surface area contributed by atoms with E-state index in [1.807, 2.05) is 0 Å². The van der Waals surface area contributed by atoms with Crippen molar-refractivity contribution in [2.24, 2.45) is 16.2 Å². The molecule has 0 fully saturated rings. The summed E-state index contributed by atoms with van der Waals surface area (Å²) >= 11 is 0. The first-order valence-corrected chi connectivity index (χ1v) is 11.5. The summed E-state index contributed by atoms with van der Waals surface area (Å²) in [5.41, 5.74) is -4.39. The van der Waals surface area contributed by atoms with Gasteiger partial charge in [-0.3, -0.25) is 14.4 Å². The van der Waals surface area contributed by atoms with Crippen molar-refractivity contribution in [2.75, 3.05) is 21.3 Å². The Balaban J connectivity index is -0.000000218. The van der Waals surface area contributed by atoms with Gasteiger partial charge in [0.1, 0.15) is 16.2 Å². The summed E-state index contributed by atoms with van der Waals surface area (Å²) < 4.78 is 13.2. The summed E-state index contributed by atoms with van der Waals surface area (Å²) in [6, 6.07) is 0. The molecule has 0 bridgehead atoms. The fourth-order valence-electron chi connectivity index (χ4n) is 3.32. The fourth-order valence-corrected chi connectivity index (χ4v) is 3.32. The topological polar surface area (TPSA) is 199 Å². The van der Waals surface area contributed by atoms with E-state index in [4.69, 9.17) is 0 Å². The molecule has 0 unspecified atom stereocenters. The Morgan fingerprint density at radius 1 is 0.459 bits per heavy atom. The van der Waals surface area contributed by atoms with Gasteiger partial charge in [-0.2, -0.15) is 0 Å². The van der Waals surface area contributed by atoms with Crippen molar-refractivity contribution < 1.29 is 58.3 Å². The number of carboxylic acids is 3. The molecule has 210 valence electrons. The molecule has 0 atom stereocenters. The Morgan fingerprint density at radius 3 is 0.622 bits per heavy atom. The van der Waals surface area contributed by atoms with Gasteiger partial charge in [-0.25, -0.2) is 0 Å². The van der Waals surface area contributed by atoms with Crippen molar-refractivity contribution in [3.8, 4) is 0 Å². The molecule has 0 saturated carbocycles. The third-order valence-electron chi connectivity index (χ3n) is 6.52. The molecule has 0 amide bonds. The number of hydrogen-bond acceptors (Lipinski definition) is 12. The summed E-state index contributed by atoms with van der Waals surface area (Å²) in [4.78, 5) is 65.3. The fraction of sp³-hybridized carbons (Fsp3) is 0.750. The SMILES string of the molecule is CCC(CC)(C(=O)[O-])C(=O)OC.CCC(CC)(C(=O)[O-])C(=O)OC.CCC(CC)(C(=O)[O-])C(=O)OC.[In+3]. The van der Waals surface area contributed by atoms with Crippen LogP contribution >= 0.6 is 0 Å². The molecule has 0 N–H and O–H groups in total. The number of methoxy groups -OCH3 is 3. The molecule has 0 aromatic carbocycles. The smallest absolute Gasteiger partial charge is 0.549 e. The molecule has 0 aromatic rings. The number of rotatable bonds is 12. The van der Waals surface area contributed by atoms with E-state index in [0.717, 1.165) is 0 Å². The van der Waals surface area contributed by atoms with E-state index in [9.17, 15) is 44.1 Å². The van der Waals surface area contributed by atoms with Gasteiger partial charge in [0.15, 0.2) is 0 Å². The zero-order valence-corrected chi connectivity index (χ0v) is 26.5. The van der Waals surface area contributed by atoms with Crippen LogP contribution in [0.2, 0.25) is 0 Å². The molecule has 0 aliphatic rings. The van der Waals surface area contributed by atoms with Gasteiger partial charge in [-0.1, -0.05) is 41.5 Å². The summed E-state index contributed by atoms with van der Waals surface area (Å²) in [7, 11) is 3.52. The number of aliphatic carboxylic acids is 3. The maximum Gasteiger partial charge on any atom is 3.00 e. The van der Waals surface area contributed by atoms with Crippen LogP contribution in [0.1, 0.15) is 80.1 Å². The largest absolute Gasteiger partial charge is 3.00 e. The molecule has 0 rings (SSSR count). The van der Waals surface area contributed by atoms with Crippen molar-refractivity contribution >= 4 is 61.7 Å². The minimum atomic E-state index is -1.46. The number of carboxylic acid groups (broad SMARTS) is 3.